The lowest BCUT2D eigenvalue weighted by molar-refractivity contribution is -0.141. The summed E-state index contributed by atoms with van der Waals surface area (Å²) in [6.45, 7) is 2.42. The summed E-state index contributed by atoms with van der Waals surface area (Å²) in [6, 6.07) is 3.96. The number of hydrogen-bond acceptors (Lipinski definition) is 4. The van der Waals surface area contributed by atoms with Gasteiger partial charge in [0.1, 0.15) is 0 Å². The zero-order chi connectivity index (χ0) is 13.4. The van der Waals surface area contributed by atoms with Gasteiger partial charge in [-0.05, 0) is 46.6 Å². The topological polar surface area (TPSA) is 59.0 Å². The van der Waals surface area contributed by atoms with E-state index in [1.165, 1.54) is 0 Å². The molecular weight excluding hydrogens is 314 g/mol. The molecule has 1 N–H and O–H groups in total. The fraction of sp³-hybridized carbons (Fsp3) is 0.462. The Labute approximate surface area is 119 Å². The van der Waals surface area contributed by atoms with Crippen LogP contribution in [0.5, 0.6) is 11.5 Å². The lowest BCUT2D eigenvalue weighted by Crippen LogP contribution is -2.22. The first-order valence-electron chi connectivity index (χ1n) is 6.16. The van der Waals surface area contributed by atoms with E-state index in [1.807, 2.05) is 12.1 Å². The molecule has 1 aromatic rings. The smallest absolute Gasteiger partial charge is 0.307 e. The minimum absolute atomic E-state index is 0.238. The van der Waals surface area contributed by atoms with Crippen molar-refractivity contribution in [1.82, 2.24) is 4.90 Å². The van der Waals surface area contributed by atoms with Crippen molar-refractivity contribution >= 4 is 21.9 Å². The molecule has 0 aromatic heterocycles. The van der Waals surface area contributed by atoms with Crippen molar-refractivity contribution < 1.29 is 19.4 Å². The number of likely N-dealkylation sites (tertiary alicyclic amines) is 1. The van der Waals surface area contributed by atoms with Gasteiger partial charge in [-0.2, -0.15) is 0 Å². The molecule has 2 heterocycles. The van der Waals surface area contributed by atoms with Crippen LogP contribution in [0.2, 0.25) is 0 Å². The summed E-state index contributed by atoms with van der Waals surface area (Å²) >= 11 is 3.46. The van der Waals surface area contributed by atoms with Crippen LogP contribution >= 0.6 is 15.9 Å². The predicted octanol–water partition coefficient (Wildman–Crippen LogP) is 2.08. The number of halogens is 1. The SMILES string of the molecule is O=C(O)C1CCN(Cc2cc(Br)c3c(c2)OCO3)C1. The van der Waals surface area contributed by atoms with Crippen LogP contribution in [0.1, 0.15) is 12.0 Å². The van der Waals surface area contributed by atoms with E-state index in [2.05, 4.69) is 20.8 Å². The van der Waals surface area contributed by atoms with Crippen molar-refractivity contribution in [3.63, 3.8) is 0 Å². The molecule has 1 fully saturated rings. The molecule has 0 radical (unpaired) electrons. The molecule has 0 amide bonds. The summed E-state index contributed by atoms with van der Waals surface area (Å²) in [6.07, 6.45) is 0.723. The third-order valence-corrected chi connectivity index (χ3v) is 4.10. The van der Waals surface area contributed by atoms with E-state index in [9.17, 15) is 4.79 Å². The van der Waals surface area contributed by atoms with E-state index in [0.29, 0.717) is 6.54 Å². The second-order valence-corrected chi connectivity index (χ2v) is 5.72. The number of aliphatic carboxylic acids is 1. The monoisotopic (exact) mass is 327 g/mol. The van der Waals surface area contributed by atoms with Crippen molar-refractivity contribution in [1.29, 1.82) is 0 Å². The fourth-order valence-electron chi connectivity index (χ4n) is 2.55. The van der Waals surface area contributed by atoms with Crippen LogP contribution in [-0.2, 0) is 11.3 Å². The molecule has 2 aliphatic heterocycles. The Bertz CT molecular complexity index is 520. The quantitative estimate of drug-likeness (QED) is 0.921. The number of carbonyl (C=O) groups is 1. The van der Waals surface area contributed by atoms with Gasteiger partial charge in [-0.15, -0.1) is 0 Å². The number of carboxylic acid groups (broad SMARTS) is 1. The van der Waals surface area contributed by atoms with Crippen LogP contribution < -0.4 is 9.47 Å². The van der Waals surface area contributed by atoms with Crippen LogP contribution in [0.3, 0.4) is 0 Å². The van der Waals surface area contributed by atoms with Gasteiger partial charge in [0.25, 0.3) is 0 Å². The fourth-order valence-corrected chi connectivity index (χ4v) is 3.15. The van der Waals surface area contributed by atoms with Gasteiger partial charge in [0.05, 0.1) is 10.4 Å². The van der Waals surface area contributed by atoms with E-state index in [4.69, 9.17) is 14.6 Å². The number of rotatable bonds is 3. The van der Waals surface area contributed by atoms with Crippen LogP contribution in [0.4, 0.5) is 0 Å². The molecule has 1 saturated heterocycles. The summed E-state index contributed by atoms with van der Waals surface area (Å²) in [5.41, 5.74) is 1.10. The lowest BCUT2D eigenvalue weighted by atomic mass is 10.1. The van der Waals surface area contributed by atoms with Crippen molar-refractivity contribution in [2.24, 2.45) is 5.92 Å². The molecule has 0 saturated carbocycles. The van der Waals surface area contributed by atoms with Gasteiger partial charge < -0.3 is 14.6 Å². The second kappa shape index (κ2) is 5.02. The van der Waals surface area contributed by atoms with Gasteiger partial charge in [-0.1, -0.05) is 0 Å². The van der Waals surface area contributed by atoms with Crippen molar-refractivity contribution in [2.75, 3.05) is 19.9 Å². The zero-order valence-corrected chi connectivity index (χ0v) is 11.9. The molecule has 19 heavy (non-hydrogen) atoms. The first kappa shape index (κ1) is 12.7. The Morgan fingerprint density at radius 3 is 3.05 bits per heavy atom. The molecule has 0 bridgehead atoms. The summed E-state index contributed by atoms with van der Waals surface area (Å²) in [5, 5.41) is 9.00. The Morgan fingerprint density at radius 1 is 1.47 bits per heavy atom. The number of benzene rings is 1. The van der Waals surface area contributed by atoms with Gasteiger partial charge in [0, 0.05) is 13.1 Å². The number of hydrogen-bond donors (Lipinski definition) is 1. The van der Waals surface area contributed by atoms with E-state index < -0.39 is 5.97 Å². The molecule has 2 aliphatic rings. The maximum absolute atomic E-state index is 10.9. The molecule has 5 nitrogen and oxygen atoms in total. The normalized spacial score (nSPS) is 21.8. The van der Waals surface area contributed by atoms with Gasteiger partial charge in [0.2, 0.25) is 6.79 Å². The largest absolute Gasteiger partial charge is 0.481 e. The summed E-state index contributed by atoms with van der Waals surface area (Å²) in [7, 11) is 0. The van der Waals surface area contributed by atoms with Crippen molar-refractivity contribution in [2.45, 2.75) is 13.0 Å². The van der Waals surface area contributed by atoms with Gasteiger partial charge >= 0.3 is 5.97 Å². The maximum atomic E-state index is 10.9. The van der Waals surface area contributed by atoms with E-state index in [0.717, 1.165) is 41.0 Å². The average Bonchev–Trinajstić information content (AvgIpc) is 2.97. The highest BCUT2D eigenvalue weighted by molar-refractivity contribution is 9.10. The van der Waals surface area contributed by atoms with Crippen LogP contribution in [-0.4, -0.2) is 35.9 Å². The molecule has 102 valence electrons. The molecule has 0 aliphatic carbocycles. The molecule has 1 aromatic carbocycles. The summed E-state index contributed by atoms with van der Waals surface area (Å²) < 4.78 is 11.6. The summed E-state index contributed by atoms with van der Waals surface area (Å²) in [5.74, 6) is 0.554. The third-order valence-electron chi connectivity index (χ3n) is 3.51. The van der Waals surface area contributed by atoms with E-state index in [-0.39, 0.29) is 12.7 Å². The van der Waals surface area contributed by atoms with Gasteiger partial charge in [-0.3, -0.25) is 9.69 Å². The summed E-state index contributed by atoms with van der Waals surface area (Å²) in [4.78, 5) is 13.1. The predicted molar refractivity (Wildman–Crippen MR) is 71.3 cm³/mol. The minimum Gasteiger partial charge on any atom is -0.481 e. The highest BCUT2D eigenvalue weighted by atomic mass is 79.9. The number of ether oxygens (including phenoxy) is 2. The molecular formula is C13H14BrNO4. The second-order valence-electron chi connectivity index (χ2n) is 4.87. The zero-order valence-electron chi connectivity index (χ0n) is 10.3. The molecule has 0 spiro atoms. The Balaban J connectivity index is 1.71. The van der Waals surface area contributed by atoms with Gasteiger partial charge in [-0.25, -0.2) is 0 Å². The van der Waals surface area contributed by atoms with Gasteiger partial charge in [0.15, 0.2) is 11.5 Å². The van der Waals surface area contributed by atoms with Crippen LogP contribution in [0.15, 0.2) is 16.6 Å². The van der Waals surface area contributed by atoms with Crippen LogP contribution in [0.25, 0.3) is 0 Å². The number of carboxylic acids is 1. The highest BCUT2D eigenvalue weighted by Gasteiger charge is 2.28. The van der Waals surface area contributed by atoms with Crippen molar-refractivity contribution in [3.05, 3.63) is 22.2 Å². The Hall–Kier alpha value is -1.27. The highest BCUT2D eigenvalue weighted by Crippen LogP contribution is 2.40. The Kier molecular flexibility index (Phi) is 3.36. The van der Waals surface area contributed by atoms with E-state index in [1.54, 1.807) is 0 Å². The standard InChI is InChI=1S/C13H14BrNO4/c14-10-3-8(4-11-12(10)19-7-18-11)5-15-2-1-9(6-15)13(16)17/h3-4,9H,1-2,5-7H2,(H,16,17). The van der Waals surface area contributed by atoms with Crippen molar-refractivity contribution in [3.8, 4) is 11.5 Å². The third kappa shape index (κ3) is 2.55. The maximum Gasteiger partial charge on any atom is 0.307 e. The molecule has 1 unspecified atom stereocenters. The number of fused-ring (bicyclic) bond motifs is 1. The first-order chi connectivity index (χ1) is 9.13. The Morgan fingerprint density at radius 2 is 2.32 bits per heavy atom. The van der Waals surface area contributed by atoms with E-state index >= 15 is 0 Å². The number of nitrogens with zero attached hydrogens (tertiary/aromatic N) is 1. The molecule has 1 atom stereocenters. The first-order valence-corrected chi connectivity index (χ1v) is 6.96. The van der Waals surface area contributed by atoms with Crippen LogP contribution in [0, 0.1) is 5.92 Å². The molecule has 3 rings (SSSR count). The average molecular weight is 328 g/mol. The lowest BCUT2D eigenvalue weighted by Gasteiger charge is -2.15. The molecule has 6 heteroatoms. The minimum atomic E-state index is -0.700.